The van der Waals surface area contributed by atoms with Gasteiger partial charge in [0.1, 0.15) is 5.54 Å². The van der Waals surface area contributed by atoms with Crippen LogP contribution in [0.1, 0.15) is 52.9 Å². The summed E-state index contributed by atoms with van der Waals surface area (Å²) in [5.41, 5.74) is 5.29. The maximum Gasteiger partial charge on any atom is 0.239 e. The molecule has 2 saturated carbocycles. The van der Waals surface area contributed by atoms with E-state index in [1.807, 2.05) is 0 Å². The summed E-state index contributed by atoms with van der Waals surface area (Å²) in [6.07, 6.45) is 5.96. The SMILES string of the molecule is CCCN(CC(NC(C)C)(C(N)=O)C1CC1)C1CC1. The minimum atomic E-state index is -0.508. The van der Waals surface area contributed by atoms with Gasteiger partial charge in [-0.1, -0.05) is 6.92 Å². The van der Waals surface area contributed by atoms with Gasteiger partial charge in [-0.15, -0.1) is 0 Å². The molecule has 1 amide bonds. The Kier molecular flexibility index (Phi) is 4.51. The molecule has 4 nitrogen and oxygen atoms in total. The van der Waals surface area contributed by atoms with E-state index in [0.717, 1.165) is 32.4 Å². The predicted molar refractivity (Wildman–Crippen MR) is 77.8 cm³/mol. The Morgan fingerprint density at radius 2 is 2.00 bits per heavy atom. The highest BCUT2D eigenvalue weighted by Crippen LogP contribution is 2.42. The molecule has 1 unspecified atom stereocenters. The van der Waals surface area contributed by atoms with Crippen molar-refractivity contribution in [3.8, 4) is 0 Å². The third-order valence-corrected chi connectivity index (χ3v) is 4.29. The van der Waals surface area contributed by atoms with Crippen molar-refractivity contribution in [1.29, 1.82) is 0 Å². The summed E-state index contributed by atoms with van der Waals surface area (Å²) < 4.78 is 0. The minimum absolute atomic E-state index is 0.162. The molecular formula is C15H29N3O. The van der Waals surface area contributed by atoms with Crippen molar-refractivity contribution < 1.29 is 4.79 Å². The van der Waals surface area contributed by atoms with Crippen molar-refractivity contribution in [2.45, 2.75) is 70.5 Å². The van der Waals surface area contributed by atoms with E-state index in [1.165, 1.54) is 12.8 Å². The van der Waals surface area contributed by atoms with Gasteiger partial charge in [0.05, 0.1) is 0 Å². The van der Waals surface area contributed by atoms with E-state index in [4.69, 9.17) is 5.73 Å². The molecule has 4 heteroatoms. The van der Waals surface area contributed by atoms with Gasteiger partial charge in [-0.3, -0.25) is 15.0 Å². The van der Waals surface area contributed by atoms with Crippen LogP contribution in [-0.4, -0.2) is 41.5 Å². The first kappa shape index (κ1) is 14.8. The predicted octanol–water partition coefficient (Wildman–Crippen LogP) is 1.49. The van der Waals surface area contributed by atoms with Crippen LogP contribution in [0.4, 0.5) is 0 Å². The summed E-state index contributed by atoms with van der Waals surface area (Å²) in [6.45, 7) is 8.27. The Labute approximate surface area is 117 Å². The van der Waals surface area contributed by atoms with Crippen LogP contribution in [0.25, 0.3) is 0 Å². The van der Waals surface area contributed by atoms with Crippen molar-refractivity contribution >= 4 is 5.91 Å². The number of carbonyl (C=O) groups is 1. The molecule has 2 rings (SSSR count). The van der Waals surface area contributed by atoms with Gasteiger partial charge in [0, 0.05) is 18.6 Å². The zero-order chi connectivity index (χ0) is 14.0. The molecule has 1 atom stereocenters. The Bertz CT molecular complexity index is 323. The van der Waals surface area contributed by atoms with E-state index in [2.05, 4.69) is 31.0 Å². The zero-order valence-electron chi connectivity index (χ0n) is 12.6. The highest BCUT2D eigenvalue weighted by molar-refractivity contribution is 5.86. The monoisotopic (exact) mass is 267 g/mol. The molecule has 0 saturated heterocycles. The third-order valence-electron chi connectivity index (χ3n) is 4.29. The average molecular weight is 267 g/mol. The Balaban J connectivity index is 2.12. The molecule has 19 heavy (non-hydrogen) atoms. The van der Waals surface area contributed by atoms with Crippen LogP contribution in [0, 0.1) is 5.92 Å². The maximum atomic E-state index is 12.2. The van der Waals surface area contributed by atoms with Crippen molar-refractivity contribution in [2.75, 3.05) is 13.1 Å². The first-order chi connectivity index (χ1) is 8.99. The van der Waals surface area contributed by atoms with E-state index in [0.29, 0.717) is 12.0 Å². The fraction of sp³-hybridized carbons (Fsp3) is 0.933. The van der Waals surface area contributed by atoms with Gasteiger partial charge in [0.15, 0.2) is 0 Å². The molecule has 0 aromatic heterocycles. The number of hydrogen-bond donors (Lipinski definition) is 2. The fourth-order valence-electron chi connectivity index (χ4n) is 3.17. The van der Waals surface area contributed by atoms with Crippen LogP contribution in [0.2, 0.25) is 0 Å². The second-order valence-electron chi connectivity index (χ2n) is 6.61. The summed E-state index contributed by atoms with van der Waals surface area (Å²) >= 11 is 0. The first-order valence-corrected chi connectivity index (χ1v) is 7.81. The quantitative estimate of drug-likeness (QED) is 0.665. The number of amides is 1. The van der Waals surface area contributed by atoms with Crippen LogP contribution in [-0.2, 0) is 4.79 Å². The molecule has 0 aromatic rings. The van der Waals surface area contributed by atoms with E-state index in [1.54, 1.807) is 0 Å². The van der Waals surface area contributed by atoms with Crippen molar-refractivity contribution in [3.63, 3.8) is 0 Å². The lowest BCUT2D eigenvalue weighted by Gasteiger charge is -2.38. The number of nitrogens with one attached hydrogen (secondary N) is 1. The van der Waals surface area contributed by atoms with Crippen LogP contribution in [0.3, 0.4) is 0 Å². The molecule has 0 bridgehead atoms. The summed E-state index contributed by atoms with van der Waals surface area (Å²) in [5.74, 6) is 0.274. The summed E-state index contributed by atoms with van der Waals surface area (Å²) in [5, 5.41) is 3.51. The number of nitrogens with two attached hydrogens (primary N) is 1. The third kappa shape index (κ3) is 3.48. The topological polar surface area (TPSA) is 58.4 Å². The van der Waals surface area contributed by atoms with E-state index >= 15 is 0 Å². The summed E-state index contributed by atoms with van der Waals surface area (Å²) in [6, 6.07) is 0.974. The Hall–Kier alpha value is -0.610. The lowest BCUT2D eigenvalue weighted by Crippen LogP contribution is -2.65. The standard InChI is InChI=1S/C15H29N3O/c1-4-9-18(13-7-8-13)10-15(14(16)19,12-5-6-12)17-11(2)3/h11-13,17H,4-10H2,1-3H3,(H2,16,19). The smallest absolute Gasteiger partial charge is 0.239 e. The molecule has 0 aliphatic heterocycles. The van der Waals surface area contributed by atoms with Crippen LogP contribution in [0.15, 0.2) is 0 Å². The largest absolute Gasteiger partial charge is 0.368 e. The van der Waals surface area contributed by atoms with Gasteiger partial charge >= 0.3 is 0 Å². The minimum Gasteiger partial charge on any atom is -0.368 e. The molecule has 0 aromatic carbocycles. The molecule has 110 valence electrons. The molecular weight excluding hydrogens is 238 g/mol. The van der Waals surface area contributed by atoms with Gasteiger partial charge in [-0.25, -0.2) is 0 Å². The molecule has 0 heterocycles. The van der Waals surface area contributed by atoms with Gasteiger partial charge in [-0.2, -0.15) is 0 Å². The van der Waals surface area contributed by atoms with Crippen LogP contribution < -0.4 is 11.1 Å². The number of rotatable bonds is 9. The normalized spacial score (nSPS) is 22.8. The summed E-state index contributed by atoms with van der Waals surface area (Å²) in [7, 11) is 0. The highest BCUT2D eigenvalue weighted by Gasteiger charge is 2.51. The molecule has 0 radical (unpaired) electrons. The van der Waals surface area contributed by atoms with Crippen molar-refractivity contribution in [3.05, 3.63) is 0 Å². The second-order valence-corrected chi connectivity index (χ2v) is 6.61. The maximum absolute atomic E-state index is 12.2. The Morgan fingerprint density at radius 3 is 2.37 bits per heavy atom. The van der Waals surface area contributed by atoms with Crippen LogP contribution >= 0.6 is 0 Å². The molecule has 3 N–H and O–H groups in total. The summed E-state index contributed by atoms with van der Waals surface area (Å²) in [4.78, 5) is 14.6. The first-order valence-electron chi connectivity index (χ1n) is 7.81. The van der Waals surface area contributed by atoms with E-state index in [9.17, 15) is 4.79 Å². The van der Waals surface area contributed by atoms with E-state index < -0.39 is 5.54 Å². The average Bonchev–Trinajstić information content (AvgIpc) is 3.16. The lowest BCUT2D eigenvalue weighted by molar-refractivity contribution is -0.126. The van der Waals surface area contributed by atoms with Gasteiger partial charge < -0.3 is 5.73 Å². The second kappa shape index (κ2) is 5.80. The Morgan fingerprint density at radius 1 is 1.37 bits per heavy atom. The van der Waals surface area contributed by atoms with Crippen molar-refractivity contribution in [2.24, 2.45) is 11.7 Å². The molecule has 2 fully saturated rings. The van der Waals surface area contributed by atoms with Crippen molar-refractivity contribution in [1.82, 2.24) is 10.2 Å². The highest BCUT2D eigenvalue weighted by atomic mass is 16.1. The van der Waals surface area contributed by atoms with Gasteiger partial charge in [-0.05, 0) is 58.4 Å². The number of hydrogen-bond acceptors (Lipinski definition) is 3. The van der Waals surface area contributed by atoms with Gasteiger partial charge in [0.2, 0.25) is 5.91 Å². The lowest BCUT2D eigenvalue weighted by atomic mass is 9.90. The zero-order valence-corrected chi connectivity index (χ0v) is 12.6. The number of primary amides is 1. The van der Waals surface area contributed by atoms with Gasteiger partial charge in [0.25, 0.3) is 0 Å². The molecule has 2 aliphatic rings. The number of nitrogens with zero attached hydrogens (tertiary/aromatic N) is 1. The van der Waals surface area contributed by atoms with Crippen LogP contribution in [0.5, 0.6) is 0 Å². The van der Waals surface area contributed by atoms with E-state index in [-0.39, 0.29) is 11.9 Å². The molecule has 2 aliphatic carbocycles. The number of carbonyl (C=O) groups excluding carboxylic acids is 1. The molecule has 0 spiro atoms. The fourth-order valence-corrected chi connectivity index (χ4v) is 3.17.